The molecule has 0 spiro atoms. The molecule has 7 rings (SSSR count). The smallest absolute Gasteiger partial charge is 0.0754 e. The molecule has 2 heterocycles. The van der Waals surface area contributed by atoms with E-state index in [0.29, 0.717) is 6.67 Å². The topological polar surface area (TPSA) is 74.1 Å². The maximum Gasteiger partial charge on any atom is 0.0754 e. The minimum absolute atomic E-state index is 0.00372. The average Bonchev–Trinajstić information content (AvgIpc) is 3.12. The summed E-state index contributed by atoms with van der Waals surface area (Å²) in [7, 11) is 0. The van der Waals surface area contributed by atoms with Gasteiger partial charge in [0, 0.05) is 30.5 Å². The van der Waals surface area contributed by atoms with Crippen LogP contribution in [0.4, 0.5) is 17.1 Å². The number of aryl methyl sites for hydroxylation is 1. The van der Waals surface area contributed by atoms with Crippen LogP contribution in [-0.4, -0.2) is 13.2 Å². The first kappa shape index (κ1) is 30.8. The third kappa shape index (κ3) is 6.42. The number of rotatable bonds is 10. The van der Waals surface area contributed by atoms with Gasteiger partial charge in [-0.2, -0.15) is 0 Å². The second-order valence-corrected chi connectivity index (χ2v) is 13.1. The molecule has 0 bridgehead atoms. The van der Waals surface area contributed by atoms with Gasteiger partial charge in [-0.25, -0.2) is 0 Å². The van der Waals surface area contributed by atoms with Gasteiger partial charge in [0.2, 0.25) is 0 Å². The van der Waals surface area contributed by atoms with Crippen LogP contribution in [0.2, 0.25) is 0 Å². The molecule has 2 aliphatic heterocycles. The van der Waals surface area contributed by atoms with Gasteiger partial charge in [-0.15, -0.1) is 0 Å². The van der Waals surface area contributed by atoms with Gasteiger partial charge in [0.05, 0.1) is 23.0 Å². The van der Waals surface area contributed by atoms with E-state index in [1.807, 2.05) is 12.1 Å². The second-order valence-electron chi connectivity index (χ2n) is 13.1. The fourth-order valence-corrected chi connectivity index (χ4v) is 7.19. The van der Waals surface area contributed by atoms with Crippen LogP contribution in [-0.2, 0) is 18.4 Å². The summed E-state index contributed by atoms with van der Waals surface area (Å²) in [6.07, 6.45) is 5.49. The molecule has 5 aromatic rings. The third-order valence-electron chi connectivity index (χ3n) is 9.97. The first-order chi connectivity index (χ1) is 23.0. The molecule has 5 nitrogen and oxygen atoms in total. The molecule has 0 amide bonds. The number of hydrogen-bond donors (Lipinski definition) is 5. The highest BCUT2D eigenvalue weighted by Crippen LogP contribution is 2.44. The lowest BCUT2D eigenvalue weighted by Crippen LogP contribution is -2.45. The van der Waals surface area contributed by atoms with Crippen LogP contribution in [0, 0.1) is 0 Å². The number of benzene rings is 5. The Labute approximate surface area is 279 Å². The minimum Gasteiger partial charge on any atom is -0.398 e. The Morgan fingerprint density at radius 3 is 2.30 bits per heavy atom. The van der Waals surface area contributed by atoms with Crippen molar-refractivity contribution in [3.05, 3.63) is 166 Å². The maximum absolute atomic E-state index is 6.58. The Balaban J connectivity index is 1.11. The van der Waals surface area contributed by atoms with Crippen LogP contribution >= 0.6 is 0 Å². The van der Waals surface area contributed by atoms with Gasteiger partial charge in [0.1, 0.15) is 0 Å². The second kappa shape index (κ2) is 13.5. The molecule has 0 aromatic heterocycles. The summed E-state index contributed by atoms with van der Waals surface area (Å²) in [4.78, 5) is 0. The van der Waals surface area contributed by atoms with Crippen molar-refractivity contribution in [2.24, 2.45) is 0 Å². The van der Waals surface area contributed by atoms with Crippen LogP contribution in [0.15, 0.2) is 127 Å². The van der Waals surface area contributed by atoms with Crippen molar-refractivity contribution < 1.29 is 0 Å². The monoisotopic (exact) mass is 619 g/mol. The molecule has 0 radical (unpaired) electrons. The molecule has 238 valence electrons. The molecule has 0 saturated heterocycles. The van der Waals surface area contributed by atoms with E-state index in [4.69, 9.17) is 5.73 Å². The van der Waals surface area contributed by atoms with Crippen LogP contribution in [0.25, 0.3) is 6.08 Å². The summed E-state index contributed by atoms with van der Waals surface area (Å²) < 4.78 is 0. The van der Waals surface area contributed by atoms with E-state index in [1.54, 1.807) is 0 Å². The Hall–Kier alpha value is -4.84. The summed E-state index contributed by atoms with van der Waals surface area (Å²) in [6.45, 7) is 6.17. The normalized spacial score (nSPS) is 16.2. The number of hydrogen-bond acceptors (Lipinski definition) is 5. The highest BCUT2D eigenvalue weighted by molar-refractivity contribution is 5.87. The largest absolute Gasteiger partial charge is 0.398 e. The number of para-hydroxylation sites is 1. The molecular weight excluding hydrogens is 574 g/mol. The lowest BCUT2D eigenvalue weighted by Gasteiger charge is -2.33. The number of anilines is 3. The molecule has 0 saturated carbocycles. The van der Waals surface area contributed by atoms with Crippen molar-refractivity contribution in [3.63, 3.8) is 0 Å². The predicted molar refractivity (Wildman–Crippen MR) is 197 cm³/mol. The standard InChI is InChI=1S/C42H45N5/c1-29(45-28-46-42(2,35-16-5-3-6-17-35)36-18-7-4-8-19-36)32-14-11-13-30(25-32)26-34-27-33-23-22-31-15-12-24-44-40(31)41(33)47-39(34)37-20-9-10-21-38(37)43/h3-11,13-14,16-23,25,27,29,39,44-47H,12,15,24,26,28,43H2,1-2H3. The average molecular weight is 620 g/mol. The summed E-state index contributed by atoms with van der Waals surface area (Å²) in [6, 6.07) is 43.3. The Bertz CT molecular complexity index is 1820. The fraction of sp³-hybridized carbons (Fsp3) is 0.238. The molecular formula is C42H45N5. The lowest BCUT2D eigenvalue weighted by atomic mass is 9.85. The maximum atomic E-state index is 6.58. The fourth-order valence-electron chi connectivity index (χ4n) is 7.19. The van der Waals surface area contributed by atoms with E-state index in [-0.39, 0.29) is 17.6 Å². The van der Waals surface area contributed by atoms with E-state index in [1.165, 1.54) is 56.7 Å². The number of nitrogens with two attached hydrogens (primary N) is 1. The van der Waals surface area contributed by atoms with Crippen molar-refractivity contribution in [3.8, 4) is 0 Å². The summed E-state index contributed by atoms with van der Waals surface area (Å²) >= 11 is 0. The summed E-state index contributed by atoms with van der Waals surface area (Å²) in [5.74, 6) is 0. The van der Waals surface area contributed by atoms with Crippen molar-refractivity contribution in [2.45, 2.75) is 50.7 Å². The highest BCUT2D eigenvalue weighted by Gasteiger charge is 2.29. The third-order valence-corrected chi connectivity index (χ3v) is 9.97. The zero-order valence-corrected chi connectivity index (χ0v) is 27.4. The van der Waals surface area contributed by atoms with E-state index in [0.717, 1.165) is 30.6 Å². The van der Waals surface area contributed by atoms with E-state index in [9.17, 15) is 0 Å². The van der Waals surface area contributed by atoms with Crippen molar-refractivity contribution in [1.82, 2.24) is 10.6 Å². The van der Waals surface area contributed by atoms with Gasteiger partial charge in [-0.1, -0.05) is 121 Å². The molecule has 0 aliphatic carbocycles. The summed E-state index contributed by atoms with van der Waals surface area (Å²) in [5.41, 5.74) is 19.6. The van der Waals surface area contributed by atoms with Gasteiger partial charge in [0.15, 0.2) is 0 Å². The predicted octanol–water partition coefficient (Wildman–Crippen LogP) is 8.58. The molecule has 47 heavy (non-hydrogen) atoms. The zero-order chi connectivity index (χ0) is 32.2. The highest BCUT2D eigenvalue weighted by atomic mass is 15.1. The first-order valence-corrected chi connectivity index (χ1v) is 16.9. The molecule has 5 heteroatoms. The van der Waals surface area contributed by atoms with Crippen LogP contribution in [0.3, 0.4) is 0 Å². The van der Waals surface area contributed by atoms with Crippen LogP contribution < -0.4 is 27.0 Å². The Morgan fingerprint density at radius 2 is 1.55 bits per heavy atom. The molecule has 5 aromatic carbocycles. The van der Waals surface area contributed by atoms with Crippen molar-refractivity contribution in [2.75, 3.05) is 29.6 Å². The van der Waals surface area contributed by atoms with Crippen molar-refractivity contribution in [1.29, 1.82) is 0 Å². The van der Waals surface area contributed by atoms with E-state index < -0.39 is 0 Å². The first-order valence-electron chi connectivity index (χ1n) is 16.9. The van der Waals surface area contributed by atoms with Crippen molar-refractivity contribution >= 4 is 23.1 Å². The zero-order valence-electron chi connectivity index (χ0n) is 27.4. The van der Waals surface area contributed by atoms with Crippen LogP contribution in [0.5, 0.6) is 0 Å². The van der Waals surface area contributed by atoms with Gasteiger partial charge in [-0.05, 0) is 78.1 Å². The Kier molecular flexibility index (Phi) is 8.84. The van der Waals surface area contributed by atoms with Gasteiger partial charge in [0.25, 0.3) is 0 Å². The lowest BCUT2D eigenvalue weighted by molar-refractivity contribution is 0.395. The SMILES string of the molecule is CC(NCNC(C)(c1ccccc1)c1ccccc1)c1cccc(CC2=Cc3ccc4c(c3NC2c2ccccc2N)NCCC4)c1. The number of nitrogens with one attached hydrogen (secondary N) is 4. The molecule has 0 fully saturated rings. The Morgan fingerprint density at radius 1 is 0.830 bits per heavy atom. The molecule has 6 N–H and O–H groups in total. The quantitative estimate of drug-likeness (QED) is 0.0800. The molecule has 2 aliphatic rings. The number of fused-ring (bicyclic) bond motifs is 3. The van der Waals surface area contributed by atoms with Gasteiger partial charge >= 0.3 is 0 Å². The van der Waals surface area contributed by atoms with Gasteiger partial charge < -0.3 is 16.4 Å². The number of nitrogen functional groups attached to an aromatic ring is 1. The van der Waals surface area contributed by atoms with Gasteiger partial charge in [-0.3, -0.25) is 10.6 Å². The molecule has 2 unspecified atom stereocenters. The van der Waals surface area contributed by atoms with Crippen LogP contribution in [0.1, 0.15) is 71.3 Å². The summed E-state index contributed by atoms with van der Waals surface area (Å²) in [5, 5.41) is 15.2. The van der Waals surface area contributed by atoms with E-state index >= 15 is 0 Å². The minimum atomic E-state index is -0.323. The molecule has 2 atom stereocenters. The van der Waals surface area contributed by atoms with E-state index in [2.05, 4.69) is 150 Å².